The largest absolute Gasteiger partial charge is 0.463 e. The van der Waals surface area contributed by atoms with Crippen LogP contribution in [0.5, 0.6) is 0 Å². The van der Waals surface area contributed by atoms with Crippen LogP contribution in [-0.2, 0) is 33.3 Å². The van der Waals surface area contributed by atoms with E-state index in [1.165, 1.54) is 167 Å². The topological polar surface area (TPSA) is 138 Å². The van der Waals surface area contributed by atoms with E-state index in [0.717, 1.165) is 44.9 Å². The Hall–Kier alpha value is -2.40. The van der Waals surface area contributed by atoms with Crippen molar-refractivity contribution < 1.29 is 42.9 Å². The van der Waals surface area contributed by atoms with Crippen LogP contribution in [0.3, 0.4) is 0 Å². The van der Waals surface area contributed by atoms with E-state index in [1.807, 2.05) is 0 Å². The first-order valence-electron chi connectivity index (χ1n) is 26.5. The van der Waals surface area contributed by atoms with E-state index < -0.39 is 24.2 Å². The Labute approximate surface area is 387 Å². The molecule has 0 saturated heterocycles. The van der Waals surface area contributed by atoms with Crippen LogP contribution in [0.25, 0.3) is 0 Å². The molecule has 11 nitrogen and oxygen atoms in total. The Bertz CT molecular complexity index is 1010. The van der Waals surface area contributed by atoms with E-state index in [4.69, 9.17) is 23.7 Å². The van der Waals surface area contributed by atoms with Crippen LogP contribution in [0.1, 0.15) is 251 Å². The Morgan fingerprint density at radius 3 is 1.22 bits per heavy atom. The SMILES string of the molecule is CCCCCCCCCCCCCCCCCCOC(=O)NCC(COC(=O)CCC(=O)CCCCOCCOC)NC(=O)OCCCCCCCCCCCCCCCCCC. The van der Waals surface area contributed by atoms with Crippen molar-refractivity contribution in [3.05, 3.63) is 0 Å². The van der Waals surface area contributed by atoms with Crippen LogP contribution in [0.4, 0.5) is 9.59 Å². The van der Waals surface area contributed by atoms with Gasteiger partial charge in [0.2, 0.25) is 0 Å². The average molecular weight is 897 g/mol. The van der Waals surface area contributed by atoms with Gasteiger partial charge in [-0.3, -0.25) is 9.59 Å². The van der Waals surface area contributed by atoms with Gasteiger partial charge in [-0.15, -0.1) is 0 Å². The lowest BCUT2D eigenvalue weighted by atomic mass is 10.0. The molecule has 1 atom stereocenters. The molecule has 0 aromatic rings. The number of carbonyl (C=O) groups is 4. The quantitative estimate of drug-likeness (QED) is 0.0347. The number of amides is 2. The third-order valence-corrected chi connectivity index (χ3v) is 11.8. The standard InChI is InChI=1S/C52H100N2O9/c1-4-6-8-10-12-14-16-18-20-22-24-26-28-30-32-35-42-61-51(57)53-46-48(47-63-50(56)40-39-49(55)38-34-37-41-60-45-44-59-3)54-52(58)62-43-36-33-31-29-27-25-23-21-19-17-15-13-11-9-7-5-2/h48H,4-47H2,1-3H3,(H,53,57)(H,54,58). The second-order valence-electron chi connectivity index (χ2n) is 17.9. The predicted molar refractivity (Wildman–Crippen MR) is 258 cm³/mol. The highest BCUT2D eigenvalue weighted by Crippen LogP contribution is 2.15. The second-order valence-corrected chi connectivity index (χ2v) is 17.9. The number of hydrogen-bond acceptors (Lipinski definition) is 9. The molecule has 0 radical (unpaired) electrons. The Kier molecular flexibility index (Phi) is 48.7. The van der Waals surface area contributed by atoms with Gasteiger partial charge in [-0.25, -0.2) is 9.59 Å². The summed E-state index contributed by atoms with van der Waals surface area (Å²) in [5.74, 6) is -0.546. The fourth-order valence-corrected chi connectivity index (χ4v) is 7.65. The van der Waals surface area contributed by atoms with Gasteiger partial charge in [-0.05, 0) is 25.7 Å². The molecule has 1 unspecified atom stereocenters. The van der Waals surface area contributed by atoms with Crippen LogP contribution in [0.15, 0.2) is 0 Å². The number of unbranched alkanes of at least 4 members (excludes halogenated alkanes) is 31. The van der Waals surface area contributed by atoms with Gasteiger partial charge in [0, 0.05) is 33.1 Å². The number of carbonyl (C=O) groups excluding carboxylic acids is 4. The van der Waals surface area contributed by atoms with Crippen molar-refractivity contribution in [1.29, 1.82) is 0 Å². The monoisotopic (exact) mass is 897 g/mol. The first-order chi connectivity index (χ1) is 30.9. The zero-order valence-electron chi connectivity index (χ0n) is 41.4. The predicted octanol–water partition coefficient (Wildman–Crippen LogP) is 14.1. The molecule has 2 N–H and O–H groups in total. The molecule has 0 rings (SSSR count). The second kappa shape index (κ2) is 50.6. The Balaban J connectivity index is 4.33. The fraction of sp³-hybridized carbons (Fsp3) is 0.923. The molecule has 0 aliphatic rings. The average Bonchev–Trinajstić information content (AvgIpc) is 3.28. The molecule has 0 aliphatic carbocycles. The number of hydrogen-bond donors (Lipinski definition) is 2. The zero-order valence-corrected chi connectivity index (χ0v) is 41.4. The van der Waals surface area contributed by atoms with Gasteiger partial charge in [0.15, 0.2) is 0 Å². The lowest BCUT2D eigenvalue weighted by Crippen LogP contribution is -2.47. The summed E-state index contributed by atoms with van der Waals surface area (Å²) in [6, 6.07) is -0.718. The maximum absolute atomic E-state index is 12.7. The Morgan fingerprint density at radius 1 is 0.397 bits per heavy atom. The molecule has 63 heavy (non-hydrogen) atoms. The first-order valence-corrected chi connectivity index (χ1v) is 26.5. The molecular formula is C52H100N2O9. The molecule has 0 aromatic carbocycles. The maximum atomic E-state index is 12.7. The molecule has 0 bridgehead atoms. The van der Waals surface area contributed by atoms with Crippen LogP contribution in [0, 0.1) is 0 Å². The third kappa shape index (κ3) is 48.9. The van der Waals surface area contributed by atoms with Crippen LogP contribution in [0.2, 0.25) is 0 Å². The smallest absolute Gasteiger partial charge is 0.407 e. The lowest BCUT2D eigenvalue weighted by molar-refractivity contribution is -0.145. The van der Waals surface area contributed by atoms with Crippen molar-refractivity contribution in [2.75, 3.05) is 53.3 Å². The van der Waals surface area contributed by atoms with Crippen LogP contribution >= 0.6 is 0 Å². The summed E-state index contributed by atoms with van der Waals surface area (Å²) in [5.41, 5.74) is 0. The first kappa shape index (κ1) is 60.6. The number of nitrogens with one attached hydrogen (secondary N) is 2. The number of Topliss-reactive ketones (excluding diaryl/α,β-unsaturated/α-hetero) is 1. The van der Waals surface area contributed by atoms with Gasteiger partial charge in [0.25, 0.3) is 0 Å². The summed E-state index contributed by atoms with van der Waals surface area (Å²) in [4.78, 5) is 50.0. The minimum Gasteiger partial charge on any atom is -0.463 e. The summed E-state index contributed by atoms with van der Waals surface area (Å²) in [6.07, 6.45) is 41.5. The van der Waals surface area contributed by atoms with Crippen molar-refractivity contribution in [1.82, 2.24) is 10.6 Å². The van der Waals surface area contributed by atoms with Crippen molar-refractivity contribution in [3.63, 3.8) is 0 Å². The number of alkyl carbamates (subject to hydrolysis) is 2. The van der Waals surface area contributed by atoms with E-state index in [9.17, 15) is 19.2 Å². The van der Waals surface area contributed by atoms with Gasteiger partial charge >= 0.3 is 18.2 Å². The van der Waals surface area contributed by atoms with Gasteiger partial charge in [0.1, 0.15) is 12.4 Å². The highest BCUT2D eigenvalue weighted by atomic mass is 16.6. The molecule has 0 heterocycles. The fourth-order valence-electron chi connectivity index (χ4n) is 7.65. The molecule has 0 saturated carbocycles. The summed E-state index contributed by atoms with van der Waals surface area (Å²) < 4.78 is 26.6. The number of rotatable bonds is 50. The van der Waals surface area contributed by atoms with Gasteiger partial charge in [-0.1, -0.05) is 206 Å². The number of esters is 1. The number of ketones is 1. The van der Waals surface area contributed by atoms with Gasteiger partial charge in [0.05, 0.1) is 38.9 Å². The lowest BCUT2D eigenvalue weighted by Gasteiger charge is -2.19. The van der Waals surface area contributed by atoms with E-state index in [2.05, 4.69) is 24.5 Å². The highest BCUT2D eigenvalue weighted by Gasteiger charge is 2.18. The van der Waals surface area contributed by atoms with Crippen molar-refractivity contribution in [2.24, 2.45) is 0 Å². The minimum absolute atomic E-state index is 0.00457. The van der Waals surface area contributed by atoms with Crippen molar-refractivity contribution in [3.8, 4) is 0 Å². The van der Waals surface area contributed by atoms with E-state index >= 15 is 0 Å². The van der Waals surface area contributed by atoms with E-state index in [1.54, 1.807) is 7.11 Å². The molecule has 0 aliphatic heterocycles. The molecule has 0 aromatic heterocycles. The Morgan fingerprint density at radius 2 is 0.794 bits per heavy atom. The molecular weight excluding hydrogens is 797 g/mol. The molecule has 2 amide bonds. The van der Waals surface area contributed by atoms with Gasteiger partial charge < -0.3 is 34.3 Å². The van der Waals surface area contributed by atoms with E-state index in [0.29, 0.717) is 45.9 Å². The number of ether oxygens (including phenoxy) is 5. The normalized spacial score (nSPS) is 11.7. The summed E-state index contributed by atoms with van der Waals surface area (Å²) in [6.45, 7) is 6.63. The minimum atomic E-state index is -0.718. The highest BCUT2D eigenvalue weighted by molar-refractivity contribution is 5.82. The van der Waals surface area contributed by atoms with Crippen LogP contribution < -0.4 is 10.6 Å². The van der Waals surface area contributed by atoms with E-state index in [-0.39, 0.29) is 31.8 Å². The molecule has 11 heteroatoms. The maximum Gasteiger partial charge on any atom is 0.407 e. The van der Waals surface area contributed by atoms with Gasteiger partial charge in [-0.2, -0.15) is 0 Å². The number of methoxy groups -OCH3 is 1. The summed E-state index contributed by atoms with van der Waals surface area (Å²) in [7, 11) is 1.62. The van der Waals surface area contributed by atoms with Crippen molar-refractivity contribution in [2.45, 2.75) is 257 Å². The van der Waals surface area contributed by atoms with Crippen LogP contribution in [-0.4, -0.2) is 83.3 Å². The summed E-state index contributed by atoms with van der Waals surface area (Å²) >= 11 is 0. The molecule has 372 valence electrons. The zero-order chi connectivity index (χ0) is 45.9. The molecule has 0 fully saturated rings. The third-order valence-electron chi connectivity index (χ3n) is 11.8. The summed E-state index contributed by atoms with van der Waals surface area (Å²) in [5, 5.41) is 5.42. The van der Waals surface area contributed by atoms with Crippen molar-refractivity contribution >= 4 is 23.9 Å². The molecule has 0 spiro atoms.